The molecular formula is C13H17NO2S. The molecule has 1 aliphatic rings. The van der Waals surface area contributed by atoms with Crippen LogP contribution in [0.3, 0.4) is 0 Å². The summed E-state index contributed by atoms with van der Waals surface area (Å²) in [4.78, 5) is 13.8. The largest absolute Gasteiger partial charge is 0.359 e. The van der Waals surface area contributed by atoms with Gasteiger partial charge in [-0.15, -0.1) is 0 Å². The fourth-order valence-corrected chi connectivity index (χ4v) is 2.26. The number of amides is 1. The van der Waals surface area contributed by atoms with Gasteiger partial charge in [0, 0.05) is 12.5 Å². The summed E-state index contributed by atoms with van der Waals surface area (Å²) in [6, 6.07) is 9.99. The molecule has 4 heteroatoms. The molecule has 2 rings (SSSR count). The Bertz CT molecular complexity index is 376. The summed E-state index contributed by atoms with van der Waals surface area (Å²) < 4.78 is 5.18. The van der Waals surface area contributed by atoms with Crippen LogP contribution in [0.4, 0.5) is 0 Å². The molecule has 0 aromatic heterocycles. The molecule has 1 saturated heterocycles. The van der Waals surface area contributed by atoms with Crippen LogP contribution in [0.15, 0.2) is 30.3 Å². The first-order chi connectivity index (χ1) is 8.20. The van der Waals surface area contributed by atoms with Gasteiger partial charge < -0.3 is 9.64 Å². The third kappa shape index (κ3) is 2.82. The molecule has 92 valence electrons. The Hall–Kier alpha value is -1.00. The van der Waals surface area contributed by atoms with Crippen LogP contribution in [0.5, 0.6) is 0 Å². The molecule has 0 aliphatic carbocycles. The first kappa shape index (κ1) is 12.5. The molecule has 1 amide bonds. The average Bonchev–Trinajstić information content (AvgIpc) is 2.91. The van der Waals surface area contributed by atoms with Gasteiger partial charge in [0.05, 0.1) is 11.9 Å². The van der Waals surface area contributed by atoms with Crippen LogP contribution in [0.1, 0.15) is 18.4 Å². The van der Waals surface area contributed by atoms with Crippen molar-refractivity contribution in [2.45, 2.75) is 18.1 Å². The van der Waals surface area contributed by atoms with E-state index in [1.54, 1.807) is 4.90 Å². The SMILES string of the molecule is CC(c1ccccc1)C(S)C(=O)N1CCOC1. The lowest BCUT2D eigenvalue weighted by Gasteiger charge is -2.23. The van der Waals surface area contributed by atoms with Crippen molar-refractivity contribution in [3.63, 3.8) is 0 Å². The fourth-order valence-electron chi connectivity index (χ4n) is 1.93. The number of ether oxygens (including phenoxy) is 1. The van der Waals surface area contributed by atoms with Crippen molar-refractivity contribution in [1.29, 1.82) is 0 Å². The molecule has 3 nitrogen and oxygen atoms in total. The summed E-state index contributed by atoms with van der Waals surface area (Å²) >= 11 is 4.46. The van der Waals surface area contributed by atoms with Gasteiger partial charge in [-0.05, 0) is 5.56 Å². The molecule has 2 unspecified atom stereocenters. The van der Waals surface area contributed by atoms with Crippen molar-refractivity contribution < 1.29 is 9.53 Å². The van der Waals surface area contributed by atoms with E-state index < -0.39 is 0 Å². The smallest absolute Gasteiger partial charge is 0.237 e. The molecule has 1 aromatic carbocycles. The molecule has 17 heavy (non-hydrogen) atoms. The minimum absolute atomic E-state index is 0.0576. The third-order valence-corrected chi connectivity index (χ3v) is 3.78. The molecule has 0 spiro atoms. The molecule has 1 aromatic rings. The Balaban J connectivity index is 2.04. The minimum Gasteiger partial charge on any atom is -0.359 e. The van der Waals surface area contributed by atoms with Crippen LogP contribution < -0.4 is 0 Å². The summed E-state index contributed by atoms with van der Waals surface area (Å²) in [5.74, 6) is 0.162. The minimum atomic E-state index is -0.306. The highest BCUT2D eigenvalue weighted by molar-refractivity contribution is 7.81. The second-order valence-electron chi connectivity index (χ2n) is 4.28. The van der Waals surface area contributed by atoms with Crippen LogP contribution >= 0.6 is 12.6 Å². The summed E-state index contributed by atoms with van der Waals surface area (Å²) in [6.45, 7) is 3.74. The van der Waals surface area contributed by atoms with E-state index in [1.807, 2.05) is 37.3 Å². The number of carbonyl (C=O) groups excluding carboxylic acids is 1. The van der Waals surface area contributed by atoms with Gasteiger partial charge in [-0.3, -0.25) is 4.79 Å². The van der Waals surface area contributed by atoms with E-state index in [0.717, 1.165) is 5.56 Å². The number of carbonyl (C=O) groups is 1. The zero-order valence-corrected chi connectivity index (χ0v) is 10.8. The van der Waals surface area contributed by atoms with Crippen molar-refractivity contribution in [2.75, 3.05) is 19.9 Å². The predicted octanol–water partition coefficient (Wildman–Crippen LogP) is 1.90. The van der Waals surface area contributed by atoms with Gasteiger partial charge in [0.1, 0.15) is 6.73 Å². The van der Waals surface area contributed by atoms with Gasteiger partial charge in [-0.1, -0.05) is 37.3 Å². The normalized spacial score (nSPS) is 19.1. The number of thiol groups is 1. The van der Waals surface area contributed by atoms with Crippen molar-refractivity contribution in [2.24, 2.45) is 0 Å². The summed E-state index contributed by atoms with van der Waals surface area (Å²) in [5.41, 5.74) is 1.14. The van der Waals surface area contributed by atoms with E-state index in [9.17, 15) is 4.79 Å². The highest BCUT2D eigenvalue weighted by Gasteiger charge is 2.28. The predicted molar refractivity (Wildman–Crippen MR) is 70.2 cm³/mol. The highest BCUT2D eigenvalue weighted by Crippen LogP contribution is 2.24. The quantitative estimate of drug-likeness (QED) is 0.832. The van der Waals surface area contributed by atoms with Gasteiger partial charge in [-0.2, -0.15) is 12.6 Å². The molecule has 1 heterocycles. The standard InChI is InChI=1S/C13H17NO2S/c1-10(11-5-3-2-4-6-11)12(17)13(15)14-7-8-16-9-14/h2-6,10,12,17H,7-9H2,1H3. The molecule has 0 saturated carbocycles. The number of hydrogen-bond donors (Lipinski definition) is 1. The lowest BCUT2D eigenvalue weighted by Crippen LogP contribution is -2.37. The Morgan fingerprint density at radius 3 is 2.71 bits per heavy atom. The maximum Gasteiger partial charge on any atom is 0.237 e. The Morgan fingerprint density at radius 1 is 1.41 bits per heavy atom. The lowest BCUT2D eigenvalue weighted by molar-refractivity contribution is -0.131. The summed E-state index contributed by atoms with van der Waals surface area (Å²) in [5, 5.41) is -0.306. The molecule has 1 fully saturated rings. The van der Waals surface area contributed by atoms with Crippen molar-refractivity contribution in [3.05, 3.63) is 35.9 Å². The summed E-state index contributed by atoms with van der Waals surface area (Å²) in [7, 11) is 0. The van der Waals surface area contributed by atoms with Gasteiger partial charge in [-0.25, -0.2) is 0 Å². The fraction of sp³-hybridized carbons (Fsp3) is 0.462. The van der Waals surface area contributed by atoms with Crippen LogP contribution in [0.2, 0.25) is 0 Å². The highest BCUT2D eigenvalue weighted by atomic mass is 32.1. The monoisotopic (exact) mass is 251 g/mol. The zero-order chi connectivity index (χ0) is 12.3. The molecule has 2 atom stereocenters. The van der Waals surface area contributed by atoms with Crippen molar-refractivity contribution >= 4 is 18.5 Å². The second-order valence-corrected chi connectivity index (χ2v) is 4.84. The van der Waals surface area contributed by atoms with Crippen molar-refractivity contribution in [3.8, 4) is 0 Å². The number of nitrogens with zero attached hydrogens (tertiary/aromatic N) is 1. The number of hydrogen-bond acceptors (Lipinski definition) is 3. The molecule has 0 radical (unpaired) electrons. The first-order valence-electron chi connectivity index (χ1n) is 5.79. The summed E-state index contributed by atoms with van der Waals surface area (Å²) in [6.07, 6.45) is 0. The van der Waals surface area contributed by atoms with E-state index in [4.69, 9.17) is 4.74 Å². The topological polar surface area (TPSA) is 29.5 Å². The third-order valence-electron chi connectivity index (χ3n) is 3.12. The molecule has 1 aliphatic heterocycles. The van der Waals surface area contributed by atoms with E-state index in [2.05, 4.69) is 12.6 Å². The Morgan fingerprint density at radius 2 is 2.12 bits per heavy atom. The van der Waals surface area contributed by atoms with Gasteiger partial charge in [0.2, 0.25) is 5.91 Å². The van der Waals surface area contributed by atoms with Gasteiger partial charge >= 0.3 is 0 Å². The number of benzene rings is 1. The van der Waals surface area contributed by atoms with E-state index in [0.29, 0.717) is 19.9 Å². The maximum absolute atomic E-state index is 12.1. The van der Waals surface area contributed by atoms with Gasteiger partial charge in [0.15, 0.2) is 0 Å². The maximum atomic E-state index is 12.1. The van der Waals surface area contributed by atoms with Crippen LogP contribution in [0, 0.1) is 0 Å². The van der Waals surface area contributed by atoms with Crippen molar-refractivity contribution in [1.82, 2.24) is 4.90 Å². The van der Waals surface area contributed by atoms with Crippen LogP contribution in [-0.4, -0.2) is 35.9 Å². The van der Waals surface area contributed by atoms with E-state index in [1.165, 1.54) is 0 Å². The van der Waals surface area contributed by atoms with Crippen LogP contribution in [-0.2, 0) is 9.53 Å². The second kappa shape index (κ2) is 5.56. The lowest BCUT2D eigenvalue weighted by atomic mass is 9.97. The van der Waals surface area contributed by atoms with E-state index in [-0.39, 0.29) is 17.1 Å². The zero-order valence-electron chi connectivity index (χ0n) is 9.87. The van der Waals surface area contributed by atoms with Gasteiger partial charge in [0.25, 0.3) is 0 Å². The molecule has 0 bridgehead atoms. The number of rotatable bonds is 3. The molecule has 0 N–H and O–H groups in total. The average molecular weight is 251 g/mol. The van der Waals surface area contributed by atoms with E-state index >= 15 is 0 Å². The first-order valence-corrected chi connectivity index (χ1v) is 6.31. The molecular weight excluding hydrogens is 234 g/mol. The van der Waals surface area contributed by atoms with Crippen LogP contribution in [0.25, 0.3) is 0 Å². The Kier molecular flexibility index (Phi) is 4.07. The Labute approximate surface area is 107 Å².